The molecule has 1 aromatic carbocycles. The molecule has 1 N–H and O–H groups in total. The molecule has 0 bridgehead atoms. The highest BCUT2D eigenvalue weighted by Gasteiger charge is 2.40. The van der Waals surface area contributed by atoms with E-state index in [1.54, 1.807) is 36.9 Å². The van der Waals surface area contributed by atoms with Crippen LogP contribution in [0.15, 0.2) is 34.5 Å². The van der Waals surface area contributed by atoms with Crippen molar-refractivity contribution in [2.24, 2.45) is 0 Å². The first kappa shape index (κ1) is 23.8. The summed E-state index contributed by atoms with van der Waals surface area (Å²) < 4.78 is 42.7. The van der Waals surface area contributed by atoms with Crippen molar-refractivity contribution in [3.05, 3.63) is 41.7 Å². The number of sulfonamides is 1. The van der Waals surface area contributed by atoms with Gasteiger partial charge in [-0.05, 0) is 63.3 Å². The zero-order valence-corrected chi connectivity index (χ0v) is 20.3. The number of halogens is 1. The summed E-state index contributed by atoms with van der Waals surface area (Å²) in [4.78, 5) is 29.5. The van der Waals surface area contributed by atoms with E-state index in [2.05, 4.69) is 4.72 Å². The number of hydrogen-bond donors (Lipinski definition) is 1. The van der Waals surface area contributed by atoms with Gasteiger partial charge in [0.25, 0.3) is 10.0 Å². The molecule has 0 unspecified atom stereocenters. The van der Waals surface area contributed by atoms with Crippen molar-refractivity contribution in [1.82, 2.24) is 14.5 Å². The Bertz CT molecular complexity index is 1160. The Morgan fingerprint density at radius 1 is 1.15 bits per heavy atom. The fourth-order valence-corrected chi connectivity index (χ4v) is 6.96. The molecule has 10 heteroatoms. The number of thiophene rings is 1. The summed E-state index contributed by atoms with van der Waals surface area (Å²) in [5.41, 5.74) is 1.11. The second kappa shape index (κ2) is 9.52. The van der Waals surface area contributed by atoms with Gasteiger partial charge in [0, 0.05) is 30.1 Å². The van der Waals surface area contributed by atoms with Crippen molar-refractivity contribution in [2.45, 2.75) is 55.8 Å². The monoisotopic (exact) mass is 493 g/mol. The second-order valence-corrected chi connectivity index (χ2v) is 11.7. The van der Waals surface area contributed by atoms with Crippen LogP contribution >= 0.6 is 11.3 Å². The molecule has 2 amide bonds. The molecule has 0 radical (unpaired) electrons. The number of nitrogens with zero attached hydrogens (tertiary/aromatic N) is 2. The molecule has 2 atom stereocenters. The third kappa shape index (κ3) is 4.97. The molecule has 2 fully saturated rings. The van der Waals surface area contributed by atoms with Gasteiger partial charge in [0.1, 0.15) is 22.1 Å². The maximum Gasteiger partial charge on any atom is 0.250 e. The molecule has 2 aliphatic rings. The van der Waals surface area contributed by atoms with E-state index in [-0.39, 0.29) is 10.1 Å². The van der Waals surface area contributed by atoms with E-state index in [9.17, 15) is 22.4 Å². The van der Waals surface area contributed by atoms with Gasteiger partial charge in [-0.3, -0.25) is 9.59 Å². The minimum atomic E-state index is -3.97. The van der Waals surface area contributed by atoms with Crippen LogP contribution in [0.5, 0.6) is 0 Å². The number of piperidine rings is 1. The van der Waals surface area contributed by atoms with Gasteiger partial charge >= 0.3 is 0 Å². The molecular formula is C23H28FN3O4S2. The zero-order valence-electron chi connectivity index (χ0n) is 18.7. The molecular weight excluding hydrogens is 465 g/mol. The molecule has 2 aromatic rings. The quantitative estimate of drug-likeness (QED) is 0.670. The van der Waals surface area contributed by atoms with Gasteiger partial charge in [0.2, 0.25) is 11.8 Å². The lowest BCUT2D eigenvalue weighted by molar-refractivity contribution is -0.143. The molecule has 33 heavy (non-hydrogen) atoms. The normalized spacial score (nSPS) is 20.3. The standard InChI is InChI=1S/C23H28FN3O4S2/c1-15-6-7-17(18(24)14-15)20-8-9-21(32-20)33(30,31)25-19-10-13-27(23(19)29)16(2)22(28)26-11-4-3-5-12-26/h6-9,14,16,19,25H,3-5,10-13H2,1-2H3/t16-,19-/m0/s1. The Balaban J connectivity index is 1.44. The predicted molar refractivity (Wildman–Crippen MR) is 125 cm³/mol. The minimum Gasteiger partial charge on any atom is -0.341 e. The van der Waals surface area contributed by atoms with Gasteiger partial charge in [-0.1, -0.05) is 12.1 Å². The number of aryl methyl sites for hydroxylation is 1. The van der Waals surface area contributed by atoms with Crippen LogP contribution < -0.4 is 4.72 Å². The average molecular weight is 494 g/mol. The maximum absolute atomic E-state index is 14.3. The average Bonchev–Trinajstić information content (AvgIpc) is 3.41. The molecule has 2 aliphatic heterocycles. The topological polar surface area (TPSA) is 86.8 Å². The summed E-state index contributed by atoms with van der Waals surface area (Å²) in [7, 11) is -3.97. The van der Waals surface area contributed by atoms with Crippen molar-refractivity contribution in [3.8, 4) is 10.4 Å². The van der Waals surface area contributed by atoms with Crippen molar-refractivity contribution in [1.29, 1.82) is 0 Å². The molecule has 0 spiro atoms. The van der Waals surface area contributed by atoms with Crippen LogP contribution in [-0.2, 0) is 19.6 Å². The maximum atomic E-state index is 14.3. The van der Waals surface area contributed by atoms with Gasteiger partial charge < -0.3 is 9.80 Å². The summed E-state index contributed by atoms with van der Waals surface area (Å²) >= 11 is 0.952. The highest BCUT2D eigenvalue weighted by Crippen LogP contribution is 2.33. The first-order chi connectivity index (χ1) is 15.7. The van der Waals surface area contributed by atoms with Crippen LogP contribution in [0.4, 0.5) is 4.39 Å². The largest absolute Gasteiger partial charge is 0.341 e. The highest BCUT2D eigenvalue weighted by molar-refractivity contribution is 7.91. The lowest BCUT2D eigenvalue weighted by atomic mass is 10.1. The lowest BCUT2D eigenvalue weighted by Gasteiger charge is -2.32. The third-order valence-electron chi connectivity index (χ3n) is 6.27. The molecule has 1 aromatic heterocycles. The molecule has 2 saturated heterocycles. The van der Waals surface area contributed by atoms with Crippen molar-refractivity contribution in [2.75, 3.05) is 19.6 Å². The zero-order chi connectivity index (χ0) is 23.8. The number of nitrogens with one attached hydrogen (secondary N) is 1. The van der Waals surface area contributed by atoms with Crippen LogP contribution in [0.1, 0.15) is 38.2 Å². The van der Waals surface area contributed by atoms with Crippen molar-refractivity contribution < 1.29 is 22.4 Å². The highest BCUT2D eigenvalue weighted by atomic mass is 32.2. The smallest absolute Gasteiger partial charge is 0.250 e. The number of rotatable bonds is 6. The van der Waals surface area contributed by atoms with Crippen LogP contribution in [0, 0.1) is 12.7 Å². The molecule has 4 rings (SSSR count). The summed E-state index contributed by atoms with van der Waals surface area (Å²) in [6, 6.07) is 6.23. The molecule has 7 nitrogen and oxygen atoms in total. The van der Waals surface area contributed by atoms with Gasteiger partial charge in [0.15, 0.2) is 0 Å². The van der Waals surface area contributed by atoms with Crippen LogP contribution in [0.3, 0.4) is 0 Å². The fraction of sp³-hybridized carbons (Fsp3) is 0.478. The van der Waals surface area contributed by atoms with E-state index in [0.717, 1.165) is 36.2 Å². The Kier molecular flexibility index (Phi) is 6.88. The van der Waals surface area contributed by atoms with Crippen molar-refractivity contribution >= 4 is 33.2 Å². The number of carbonyl (C=O) groups excluding carboxylic acids is 2. The molecule has 0 saturated carbocycles. The third-order valence-corrected chi connectivity index (χ3v) is 9.35. The Morgan fingerprint density at radius 2 is 1.88 bits per heavy atom. The summed E-state index contributed by atoms with van der Waals surface area (Å²) in [5.74, 6) is -0.893. The van der Waals surface area contributed by atoms with Crippen LogP contribution in [0.2, 0.25) is 0 Å². The van der Waals surface area contributed by atoms with Crippen molar-refractivity contribution in [3.63, 3.8) is 0 Å². The SMILES string of the molecule is Cc1ccc(-c2ccc(S(=O)(=O)N[C@H]3CCN([C@@H](C)C(=O)N4CCCCC4)C3=O)s2)c(F)c1. The summed E-state index contributed by atoms with van der Waals surface area (Å²) in [6.07, 6.45) is 3.32. The predicted octanol–water partition coefficient (Wildman–Crippen LogP) is 3.14. The fourth-order valence-electron chi connectivity index (χ4n) is 4.38. The van der Waals surface area contributed by atoms with E-state index in [1.165, 1.54) is 17.0 Å². The van der Waals surface area contributed by atoms with E-state index in [1.807, 2.05) is 0 Å². The van der Waals surface area contributed by atoms with Crippen LogP contribution in [0.25, 0.3) is 10.4 Å². The second-order valence-electron chi connectivity index (χ2n) is 8.66. The van der Waals surface area contributed by atoms with E-state index in [0.29, 0.717) is 36.5 Å². The van der Waals surface area contributed by atoms with E-state index < -0.39 is 33.8 Å². The Hall–Kier alpha value is -2.30. The summed E-state index contributed by atoms with van der Waals surface area (Å²) in [6.45, 7) is 5.20. The first-order valence-corrected chi connectivity index (χ1v) is 13.5. The molecule has 3 heterocycles. The number of likely N-dealkylation sites (tertiary alicyclic amines) is 2. The Morgan fingerprint density at radius 3 is 2.58 bits per heavy atom. The summed E-state index contributed by atoms with van der Waals surface area (Å²) in [5, 5.41) is 0. The van der Waals surface area contributed by atoms with Gasteiger partial charge in [-0.15, -0.1) is 11.3 Å². The number of carbonyl (C=O) groups is 2. The van der Waals surface area contributed by atoms with Crippen LogP contribution in [-0.4, -0.2) is 61.7 Å². The number of benzene rings is 1. The minimum absolute atomic E-state index is 0.0150. The molecule has 0 aliphatic carbocycles. The Labute approximate surface area is 197 Å². The first-order valence-electron chi connectivity index (χ1n) is 11.2. The number of hydrogen-bond acceptors (Lipinski definition) is 5. The number of amides is 2. The van der Waals surface area contributed by atoms with E-state index >= 15 is 0 Å². The van der Waals surface area contributed by atoms with Gasteiger partial charge in [0.05, 0.1) is 0 Å². The lowest BCUT2D eigenvalue weighted by Crippen LogP contribution is -2.51. The molecule has 178 valence electrons. The van der Waals surface area contributed by atoms with Gasteiger partial charge in [-0.25, -0.2) is 12.8 Å². The van der Waals surface area contributed by atoms with E-state index in [4.69, 9.17) is 0 Å². The van der Waals surface area contributed by atoms with Gasteiger partial charge in [-0.2, -0.15) is 4.72 Å².